The Kier molecular flexibility index (Phi) is 5.62. The van der Waals surface area contributed by atoms with Gasteiger partial charge < -0.3 is 16.8 Å². The van der Waals surface area contributed by atoms with Crippen molar-refractivity contribution >= 4 is 40.1 Å². The second kappa shape index (κ2) is 8.53. The van der Waals surface area contributed by atoms with Crippen molar-refractivity contribution in [3.05, 3.63) is 74.8 Å². The molecule has 32 heavy (non-hydrogen) atoms. The van der Waals surface area contributed by atoms with Crippen molar-refractivity contribution in [3.8, 4) is 11.8 Å². The van der Waals surface area contributed by atoms with Crippen LogP contribution in [-0.4, -0.2) is 26.1 Å². The molecule has 160 valence electrons. The summed E-state index contributed by atoms with van der Waals surface area (Å²) in [5, 5.41) is 13.4. The maximum absolute atomic E-state index is 13.4. The molecule has 5 N–H and O–H groups in total. The maximum Gasteiger partial charge on any atom is 0.265 e. The highest BCUT2D eigenvalue weighted by Gasteiger charge is 2.15. The summed E-state index contributed by atoms with van der Waals surface area (Å²) in [5.41, 5.74) is 13.5. The van der Waals surface area contributed by atoms with Gasteiger partial charge in [-0.1, -0.05) is 29.8 Å². The molecule has 2 heterocycles. The van der Waals surface area contributed by atoms with Crippen LogP contribution >= 0.6 is 11.6 Å². The molecule has 0 unspecified atom stereocenters. The van der Waals surface area contributed by atoms with E-state index in [2.05, 4.69) is 15.3 Å². The van der Waals surface area contributed by atoms with Crippen LogP contribution in [0, 0.1) is 18.3 Å². The highest BCUT2D eigenvalue weighted by Crippen LogP contribution is 2.20. The number of halogens is 1. The molecular weight excluding hydrogens is 428 g/mol. The van der Waals surface area contributed by atoms with Gasteiger partial charge in [0.2, 0.25) is 5.95 Å². The number of aromatic nitrogens is 4. The Bertz CT molecular complexity index is 1440. The van der Waals surface area contributed by atoms with Crippen molar-refractivity contribution < 1.29 is 0 Å². The number of hydrogen-bond donors (Lipinski definition) is 3. The zero-order chi connectivity index (χ0) is 22.8. The van der Waals surface area contributed by atoms with Crippen molar-refractivity contribution in [2.45, 2.75) is 13.3 Å². The molecule has 0 amide bonds. The van der Waals surface area contributed by atoms with Gasteiger partial charge in [-0.2, -0.15) is 15.2 Å². The number of nitrogens with two attached hydrogens (primary N) is 2. The highest BCUT2D eigenvalue weighted by atomic mass is 35.5. The van der Waals surface area contributed by atoms with Crippen LogP contribution in [0.5, 0.6) is 0 Å². The summed E-state index contributed by atoms with van der Waals surface area (Å²) in [7, 11) is 0. The minimum Gasteiger partial charge on any atom is -0.382 e. The summed E-state index contributed by atoms with van der Waals surface area (Å²) in [5.74, 6) is 0.711. The molecule has 0 aliphatic carbocycles. The Morgan fingerprint density at radius 2 is 1.94 bits per heavy atom. The summed E-state index contributed by atoms with van der Waals surface area (Å²) in [6.07, 6.45) is 0.348. The fraction of sp³-hybridized carbons (Fsp3) is 0.136. The van der Waals surface area contributed by atoms with Gasteiger partial charge in [0.1, 0.15) is 23.3 Å². The molecule has 2 aromatic heterocycles. The SMILES string of the molecule is Cc1cccc2c(=O)n(-c3cccc(Cl)c3)c(CCNc3nc(N)nc(N)c3C#N)nc12. The molecule has 4 aromatic rings. The lowest BCUT2D eigenvalue weighted by Crippen LogP contribution is -2.26. The van der Waals surface area contributed by atoms with Gasteiger partial charge in [-0.3, -0.25) is 9.36 Å². The maximum atomic E-state index is 13.4. The Morgan fingerprint density at radius 1 is 1.16 bits per heavy atom. The van der Waals surface area contributed by atoms with E-state index in [-0.39, 0.29) is 28.7 Å². The van der Waals surface area contributed by atoms with Crippen LogP contribution in [0.15, 0.2) is 47.3 Å². The Labute approximate surface area is 188 Å². The van der Waals surface area contributed by atoms with E-state index in [1.807, 2.05) is 25.1 Å². The number of rotatable bonds is 5. The average Bonchev–Trinajstić information content (AvgIpc) is 2.74. The first kappa shape index (κ1) is 21.1. The van der Waals surface area contributed by atoms with E-state index in [9.17, 15) is 10.1 Å². The van der Waals surface area contributed by atoms with Gasteiger partial charge in [0, 0.05) is 18.0 Å². The number of aryl methyl sites for hydroxylation is 1. The van der Waals surface area contributed by atoms with Gasteiger partial charge in [0.15, 0.2) is 5.82 Å². The molecule has 0 saturated heterocycles. The number of anilines is 3. The summed E-state index contributed by atoms with van der Waals surface area (Å²) in [6.45, 7) is 2.22. The lowest BCUT2D eigenvalue weighted by atomic mass is 10.1. The summed E-state index contributed by atoms with van der Waals surface area (Å²) in [6, 6.07) is 14.5. The van der Waals surface area contributed by atoms with E-state index < -0.39 is 0 Å². The number of benzene rings is 2. The van der Waals surface area contributed by atoms with E-state index in [1.165, 1.54) is 0 Å². The van der Waals surface area contributed by atoms with E-state index in [0.29, 0.717) is 40.4 Å². The second-order valence-electron chi connectivity index (χ2n) is 7.10. The number of nitrogens with one attached hydrogen (secondary N) is 1. The quantitative estimate of drug-likeness (QED) is 0.423. The van der Waals surface area contributed by atoms with Crippen LogP contribution in [0.1, 0.15) is 17.0 Å². The average molecular weight is 447 g/mol. The zero-order valence-corrected chi connectivity index (χ0v) is 17.9. The van der Waals surface area contributed by atoms with Crippen molar-refractivity contribution in [1.29, 1.82) is 5.26 Å². The van der Waals surface area contributed by atoms with Gasteiger partial charge in [-0.15, -0.1) is 0 Å². The molecule has 0 aliphatic heterocycles. The van der Waals surface area contributed by atoms with Crippen LogP contribution in [-0.2, 0) is 6.42 Å². The predicted molar refractivity (Wildman–Crippen MR) is 125 cm³/mol. The van der Waals surface area contributed by atoms with Crippen molar-refractivity contribution in [2.24, 2.45) is 0 Å². The van der Waals surface area contributed by atoms with Gasteiger partial charge in [-0.05, 0) is 36.8 Å². The van der Waals surface area contributed by atoms with Gasteiger partial charge in [0.25, 0.3) is 5.56 Å². The molecule has 0 aliphatic rings. The monoisotopic (exact) mass is 446 g/mol. The van der Waals surface area contributed by atoms with Crippen molar-refractivity contribution in [1.82, 2.24) is 19.5 Å². The van der Waals surface area contributed by atoms with Crippen LogP contribution in [0.4, 0.5) is 17.6 Å². The molecule has 0 radical (unpaired) electrons. The van der Waals surface area contributed by atoms with Crippen LogP contribution in [0.3, 0.4) is 0 Å². The lowest BCUT2D eigenvalue weighted by molar-refractivity contribution is 0.808. The Balaban J connectivity index is 1.77. The second-order valence-corrected chi connectivity index (χ2v) is 7.54. The largest absolute Gasteiger partial charge is 0.382 e. The molecule has 4 rings (SSSR count). The number of fused-ring (bicyclic) bond motifs is 1. The number of nitrogens with zero attached hydrogens (tertiary/aromatic N) is 5. The number of nitriles is 1. The fourth-order valence-corrected chi connectivity index (χ4v) is 3.66. The molecule has 0 bridgehead atoms. The van der Waals surface area contributed by atoms with Crippen LogP contribution in [0.2, 0.25) is 5.02 Å². The topological polar surface area (TPSA) is 149 Å². The lowest BCUT2D eigenvalue weighted by Gasteiger charge is -2.15. The highest BCUT2D eigenvalue weighted by molar-refractivity contribution is 6.30. The molecular formula is C22H19ClN8O. The third-order valence-electron chi connectivity index (χ3n) is 4.94. The normalized spacial score (nSPS) is 10.8. The third-order valence-corrected chi connectivity index (χ3v) is 5.18. The first-order valence-electron chi connectivity index (χ1n) is 9.73. The van der Waals surface area contributed by atoms with E-state index in [4.69, 9.17) is 28.1 Å². The van der Waals surface area contributed by atoms with Gasteiger partial charge in [-0.25, -0.2) is 4.98 Å². The Morgan fingerprint density at radius 3 is 2.69 bits per heavy atom. The number of nitrogen functional groups attached to an aromatic ring is 2. The zero-order valence-electron chi connectivity index (χ0n) is 17.1. The molecule has 10 heteroatoms. The molecule has 0 saturated carbocycles. The summed E-state index contributed by atoms with van der Waals surface area (Å²) < 4.78 is 1.54. The van der Waals surface area contributed by atoms with Crippen molar-refractivity contribution in [2.75, 3.05) is 23.3 Å². The molecule has 9 nitrogen and oxygen atoms in total. The molecule has 0 atom stereocenters. The van der Waals surface area contributed by atoms with Gasteiger partial charge >= 0.3 is 0 Å². The van der Waals surface area contributed by atoms with E-state index in [1.54, 1.807) is 34.9 Å². The first-order valence-corrected chi connectivity index (χ1v) is 10.1. The van der Waals surface area contributed by atoms with E-state index >= 15 is 0 Å². The predicted octanol–water partition coefficient (Wildman–Crippen LogP) is 2.83. The van der Waals surface area contributed by atoms with Crippen molar-refractivity contribution in [3.63, 3.8) is 0 Å². The molecule has 0 fully saturated rings. The minimum atomic E-state index is -0.191. The first-order chi connectivity index (χ1) is 15.4. The smallest absolute Gasteiger partial charge is 0.265 e. The van der Waals surface area contributed by atoms with Crippen LogP contribution < -0.4 is 22.3 Å². The third kappa shape index (κ3) is 3.91. The standard InChI is InChI=1S/C22H19ClN8O/c1-12-4-2-7-15-18(12)28-17(31(21(15)32)14-6-3-5-13(23)10-14)8-9-27-20-16(11-24)19(25)29-22(26)30-20/h2-7,10H,8-9H2,1H3,(H5,25,26,27,29,30). The molecule has 2 aromatic carbocycles. The summed E-state index contributed by atoms with van der Waals surface area (Å²) in [4.78, 5) is 26.0. The summed E-state index contributed by atoms with van der Waals surface area (Å²) >= 11 is 6.17. The Hall–Kier alpha value is -4.16. The van der Waals surface area contributed by atoms with Gasteiger partial charge in [0.05, 0.1) is 16.6 Å². The molecule has 0 spiro atoms. The minimum absolute atomic E-state index is 0.00205. The number of hydrogen-bond acceptors (Lipinski definition) is 8. The van der Waals surface area contributed by atoms with E-state index in [0.717, 1.165) is 5.56 Å². The fourth-order valence-electron chi connectivity index (χ4n) is 3.47. The van der Waals surface area contributed by atoms with Crippen LogP contribution in [0.25, 0.3) is 16.6 Å². The number of para-hydroxylation sites is 1.